The zero-order valence-corrected chi connectivity index (χ0v) is 22.4. The van der Waals surface area contributed by atoms with E-state index >= 15 is 0 Å². The molecule has 0 radical (unpaired) electrons. The molecular weight excluding hydrogens is 488 g/mol. The quantitative estimate of drug-likeness (QED) is 0.353. The Morgan fingerprint density at radius 1 is 1.08 bits per heavy atom. The summed E-state index contributed by atoms with van der Waals surface area (Å²) >= 11 is 6.82. The topological polar surface area (TPSA) is 57.9 Å². The second kappa shape index (κ2) is 10.2. The number of thioether (sulfide) groups is 1. The van der Waals surface area contributed by atoms with Gasteiger partial charge >= 0.3 is 0 Å². The molecule has 36 heavy (non-hydrogen) atoms. The second-order valence-corrected chi connectivity index (χ2v) is 11.6. The van der Waals surface area contributed by atoms with Crippen molar-refractivity contribution in [2.24, 2.45) is 11.8 Å². The third kappa shape index (κ3) is 4.84. The van der Waals surface area contributed by atoms with Crippen LogP contribution in [-0.2, 0) is 11.2 Å². The van der Waals surface area contributed by atoms with Crippen LogP contribution in [0.15, 0.2) is 58.4 Å². The monoisotopic (exact) mass is 518 g/mol. The molecule has 2 aromatic heterocycles. The number of hydrogen-bond donors (Lipinski definition) is 0. The third-order valence-corrected chi connectivity index (χ3v) is 8.23. The van der Waals surface area contributed by atoms with Crippen molar-refractivity contribution in [3.05, 3.63) is 80.6 Å². The molecule has 1 aromatic carbocycles. The first-order valence-electron chi connectivity index (χ1n) is 12.4. The molecule has 6 nitrogen and oxygen atoms in total. The maximum absolute atomic E-state index is 13.8. The van der Waals surface area contributed by atoms with Crippen molar-refractivity contribution in [3.8, 4) is 0 Å². The van der Waals surface area contributed by atoms with Gasteiger partial charge in [0.25, 0.3) is 11.5 Å². The van der Waals surface area contributed by atoms with Crippen LogP contribution < -0.4 is 10.5 Å². The van der Waals surface area contributed by atoms with Crippen molar-refractivity contribution in [3.63, 3.8) is 0 Å². The van der Waals surface area contributed by atoms with Crippen molar-refractivity contribution in [1.29, 1.82) is 0 Å². The summed E-state index contributed by atoms with van der Waals surface area (Å²) < 4.78 is 2.10. The zero-order valence-electron chi connectivity index (χ0n) is 20.8. The van der Waals surface area contributed by atoms with E-state index in [1.54, 1.807) is 21.6 Å². The van der Waals surface area contributed by atoms with Crippen molar-refractivity contribution in [2.45, 2.75) is 33.6 Å². The number of carbonyl (C=O) groups excluding carboxylic acids is 1. The van der Waals surface area contributed by atoms with Crippen LogP contribution in [0.1, 0.15) is 37.0 Å². The van der Waals surface area contributed by atoms with E-state index in [4.69, 9.17) is 17.2 Å². The Kier molecular flexibility index (Phi) is 6.99. The van der Waals surface area contributed by atoms with Gasteiger partial charge < -0.3 is 4.90 Å². The van der Waals surface area contributed by atoms with E-state index in [-0.39, 0.29) is 11.5 Å². The van der Waals surface area contributed by atoms with Crippen LogP contribution in [0.2, 0.25) is 0 Å². The number of piperidine rings is 1. The molecule has 0 aliphatic carbocycles. The van der Waals surface area contributed by atoms with Crippen molar-refractivity contribution >= 4 is 51.7 Å². The molecule has 3 aromatic rings. The van der Waals surface area contributed by atoms with Gasteiger partial charge in [-0.05, 0) is 54.9 Å². The van der Waals surface area contributed by atoms with E-state index in [0.29, 0.717) is 44.6 Å². The van der Waals surface area contributed by atoms with Crippen LogP contribution in [0.5, 0.6) is 0 Å². The number of benzene rings is 1. The van der Waals surface area contributed by atoms with Crippen molar-refractivity contribution in [2.75, 3.05) is 24.5 Å². The zero-order chi connectivity index (χ0) is 25.4. The largest absolute Gasteiger partial charge is 0.355 e. The predicted octanol–water partition coefficient (Wildman–Crippen LogP) is 4.93. The van der Waals surface area contributed by atoms with Crippen molar-refractivity contribution < 1.29 is 4.79 Å². The summed E-state index contributed by atoms with van der Waals surface area (Å²) in [5, 5.41) is 0. The van der Waals surface area contributed by atoms with E-state index in [9.17, 15) is 9.59 Å². The lowest BCUT2D eigenvalue weighted by Gasteiger charge is -2.36. The molecule has 5 rings (SSSR count). The third-order valence-electron chi connectivity index (χ3n) is 6.85. The highest BCUT2D eigenvalue weighted by Gasteiger charge is 2.33. The predicted molar refractivity (Wildman–Crippen MR) is 151 cm³/mol. The van der Waals surface area contributed by atoms with Crippen LogP contribution in [-0.4, -0.2) is 44.1 Å². The Bertz CT molecular complexity index is 1410. The van der Waals surface area contributed by atoms with E-state index in [0.717, 1.165) is 37.1 Å². The van der Waals surface area contributed by atoms with E-state index in [1.807, 2.05) is 49.4 Å². The summed E-state index contributed by atoms with van der Waals surface area (Å²) in [5.74, 6) is 1.49. The van der Waals surface area contributed by atoms with Gasteiger partial charge in [0, 0.05) is 25.8 Å². The first kappa shape index (κ1) is 24.7. The number of hydrogen-bond acceptors (Lipinski definition) is 6. The van der Waals surface area contributed by atoms with Gasteiger partial charge in [-0.15, -0.1) is 0 Å². The maximum atomic E-state index is 13.8. The number of amides is 1. The molecular formula is C28H30N4O2S2. The first-order valence-corrected chi connectivity index (χ1v) is 13.6. The Morgan fingerprint density at radius 3 is 2.53 bits per heavy atom. The minimum absolute atomic E-state index is 0.152. The lowest BCUT2D eigenvalue weighted by molar-refractivity contribution is -0.122. The first-order chi connectivity index (χ1) is 17.3. The number of aryl methyl sites for hydroxylation is 1. The van der Waals surface area contributed by atoms with Crippen LogP contribution in [0, 0.1) is 18.8 Å². The highest BCUT2D eigenvalue weighted by atomic mass is 32.2. The van der Waals surface area contributed by atoms with E-state index < -0.39 is 0 Å². The number of carbonyl (C=O) groups is 1. The number of nitrogens with zero attached hydrogens (tertiary/aromatic N) is 4. The number of aromatic nitrogens is 2. The highest BCUT2D eigenvalue weighted by molar-refractivity contribution is 8.26. The summed E-state index contributed by atoms with van der Waals surface area (Å²) in [7, 11) is 0. The Hall–Kier alpha value is -2.97. The normalized spacial score (nSPS) is 21.7. The Balaban J connectivity index is 1.54. The average molecular weight is 519 g/mol. The summed E-state index contributed by atoms with van der Waals surface area (Å²) in [6.45, 7) is 8.60. The summed E-state index contributed by atoms with van der Waals surface area (Å²) in [6, 6.07) is 13.9. The maximum Gasteiger partial charge on any atom is 0.267 e. The van der Waals surface area contributed by atoms with E-state index in [1.165, 1.54) is 11.8 Å². The highest BCUT2D eigenvalue weighted by Crippen LogP contribution is 2.34. The van der Waals surface area contributed by atoms with Crippen LogP contribution >= 0.6 is 24.0 Å². The van der Waals surface area contributed by atoms with Gasteiger partial charge in [0.2, 0.25) is 0 Å². The minimum Gasteiger partial charge on any atom is -0.355 e. The number of thiocarbonyl (C=S) groups is 1. The van der Waals surface area contributed by atoms with Gasteiger partial charge in [0.15, 0.2) is 0 Å². The molecule has 2 unspecified atom stereocenters. The number of fused-ring (bicyclic) bond motifs is 1. The van der Waals surface area contributed by atoms with Gasteiger partial charge in [-0.3, -0.25) is 18.9 Å². The lowest BCUT2D eigenvalue weighted by atomic mass is 9.91. The molecule has 2 fully saturated rings. The summed E-state index contributed by atoms with van der Waals surface area (Å²) in [6.07, 6.45) is 5.32. The molecule has 2 aliphatic rings. The fraction of sp³-hybridized carbons (Fsp3) is 0.357. The van der Waals surface area contributed by atoms with Crippen LogP contribution in [0.25, 0.3) is 11.7 Å². The molecule has 2 atom stereocenters. The minimum atomic E-state index is -0.167. The van der Waals surface area contributed by atoms with Gasteiger partial charge in [-0.25, -0.2) is 4.98 Å². The number of pyridine rings is 1. The summed E-state index contributed by atoms with van der Waals surface area (Å²) in [5.41, 5.74) is 3.02. The molecule has 0 saturated carbocycles. The molecule has 0 bridgehead atoms. The molecule has 1 amide bonds. The van der Waals surface area contributed by atoms with Gasteiger partial charge in [0.1, 0.15) is 15.8 Å². The molecule has 2 aliphatic heterocycles. The molecule has 4 heterocycles. The number of rotatable bonds is 5. The molecule has 186 valence electrons. The smallest absolute Gasteiger partial charge is 0.267 e. The number of anilines is 1. The lowest BCUT2D eigenvalue weighted by Crippen LogP contribution is -2.40. The van der Waals surface area contributed by atoms with Gasteiger partial charge in [-0.2, -0.15) is 0 Å². The molecule has 8 heteroatoms. The van der Waals surface area contributed by atoms with Crippen LogP contribution in [0.3, 0.4) is 0 Å². The van der Waals surface area contributed by atoms with Gasteiger partial charge in [-0.1, -0.05) is 74.2 Å². The SMILES string of the molecule is Cc1cccn2c(=O)c(/C=C3/SC(=S)N(CCc4ccccc4)C3=O)c(N3CC(C)CC(C)C3)nc12. The molecule has 0 N–H and O–H groups in total. The molecule has 0 spiro atoms. The Labute approximate surface area is 221 Å². The van der Waals surface area contributed by atoms with E-state index in [2.05, 4.69) is 18.7 Å². The Morgan fingerprint density at radius 2 is 1.81 bits per heavy atom. The second-order valence-electron chi connectivity index (χ2n) is 9.96. The summed E-state index contributed by atoms with van der Waals surface area (Å²) in [4.78, 5) is 36.4. The fourth-order valence-corrected chi connectivity index (χ4v) is 6.50. The van der Waals surface area contributed by atoms with Crippen LogP contribution in [0.4, 0.5) is 5.82 Å². The van der Waals surface area contributed by atoms with Gasteiger partial charge in [0.05, 0.1) is 10.5 Å². The fourth-order valence-electron chi connectivity index (χ4n) is 5.21. The average Bonchev–Trinajstić information content (AvgIpc) is 3.11. The van der Waals surface area contributed by atoms with Crippen molar-refractivity contribution in [1.82, 2.24) is 14.3 Å². The standard InChI is InChI=1S/C28H30N4O2S2/c1-18-14-19(2)17-30(16-18)25-22(26(33)31-12-7-8-20(3)24(31)29-25)15-23-27(34)32(28(35)36-23)13-11-21-9-5-4-6-10-21/h4-10,12,15,18-19H,11,13-14,16-17H2,1-3H3/b23-15+. The molecule has 2 saturated heterocycles.